The van der Waals surface area contributed by atoms with Crippen LogP contribution in [0.25, 0.3) is 11.1 Å². The van der Waals surface area contributed by atoms with Crippen LogP contribution in [0.2, 0.25) is 10.0 Å². The molecule has 0 N–H and O–H groups in total. The standard InChI is InChI=1S/C25H27Cl2NS/c1-18(16-28(2)3)25(29-17-22-13-14-23(26)15-24(22)27)21-11-9-20(10-12-21)19-7-5-4-6-8-19/h4-15,18,25H,16-17H2,1-3H3. The highest BCUT2D eigenvalue weighted by atomic mass is 35.5. The van der Waals surface area contributed by atoms with Crippen LogP contribution in [0.3, 0.4) is 0 Å². The molecule has 29 heavy (non-hydrogen) atoms. The summed E-state index contributed by atoms with van der Waals surface area (Å²) in [7, 11) is 4.26. The van der Waals surface area contributed by atoms with E-state index in [0.717, 1.165) is 22.9 Å². The highest BCUT2D eigenvalue weighted by molar-refractivity contribution is 7.98. The van der Waals surface area contributed by atoms with Gasteiger partial charge in [0.15, 0.2) is 0 Å². The topological polar surface area (TPSA) is 3.24 Å². The van der Waals surface area contributed by atoms with Crippen LogP contribution in [-0.2, 0) is 5.75 Å². The van der Waals surface area contributed by atoms with Crippen molar-refractivity contribution in [2.24, 2.45) is 5.92 Å². The maximum absolute atomic E-state index is 6.41. The molecule has 0 fully saturated rings. The predicted octanol–water partition coefficient (Wildman–Crippen LogP) is 7.83. The lowest BCUT2D eigenvalue weighted by atomic mass is 9.97. The van der Waals surface area contributed by atoms with Crippen LogP contribution in [0.15, 0.2) is 72.8 Å². The van der Waals surface area contributed by atoms with Crippen LogP contribution in [-0.4, -0.2) is 25.5 Å². The smallest absolute Gasteiger partial charge is 0.0461 e. The minimum Gasteiger partial charge on any atom is -0.309 e. The Morgan fingerprint density at radius 3 is 2.14 bits per heavy atom. The summed E-state index contributed by atoms with van der Waals surface area (Å²) in [6, 6.07) is 25.3. The molecule has 0 aliphatic carbocycles. The zero-order valence-corrected chi connectivity index (χ0v) is 19.4. The lowest BCUT2D eigenvalue weighted by Gasteiger charge is -2.27. The number of benzene rings is 3. The molecule has 1 nitrogen and oxygen atoms in total. The Labute approximate surface area is 189 Å². The number of thioether (sulfide) groups is 1. The molecule has 0 heterocycles. The van der Waals surface area contributed by atoms with Gasteiger partial charge in [0, 0.05) is 27.6 Å². The SMILES string of the molecule is CC(CN(C)C)C(SCc1ccc(Cl)cc1Cl)c1ccc(-c2ccccc2)cc1. The average Bonchev–Trinajstić information content (AvgIpc) is 2.70. The summed E-state index contributed by atoms with van der Waals surface area (Å²) in [5.41, 5.74) is 4.98. The molecule has 2 unspecified atom stereocenters. The lowest BCUT2D eigenvalue weighted by molar-refractivity contribution is 0.335. The highest BCUT2D eigenvalue weighted by Crippen LogP contribution is 2.40. The Bertz CT molecular complexity index is 910. The number of halogens is 2. The first-order valence-corrected chi connectivity index (χ1v) is 11.6. The average molecular weight is 444 g/mol. The van der Waals surface area contributed by atoms with Crippen molar-refractivity contribution in [3.63, 3.8) is 0 Å². The van der Waals surface area contributed by atoms with E-state index in [1.165, 1.54) is 16.7 Å². The van der Waals surface area contributed by atoms with E-state index >= 15 is 0 Å². The molecule has 0 bridgehead atoms. The number of rotatable bonds is 8. The van der Waals surface area contributed by atoms with E-state index < -0.39 is 0 Å². The van der Waals surface area contributed by atoms with E-state index in [9.17, 15) is 0 Å². The molecule has 152 valence electrons. The van der Waals surface area contributed by atoms with E-state index in [2.05, 4.69) is 80.5 Å². The summed E-state index contributed by atoms with van der Waals surface area (Å²) in [4.78, 5) is 2.26. The van der Waals surface area contributed by atoms with E-state index in [1.807, 2.05) is 30.0 Å². The van der Waals surface area contributed by atoms with E-state index in [-0.39, 0.29) is 0 Å². The number of nitrogens with zero attached hydrogens (tertiary/aromatic N) is 1. The maximum atomic E-state index is 6.41. The van der Waals surface area contributed by atoms with Crippen molar-refractivity contribution in [3.05, 3.63) is 94.0 Å². The molecule has 3 rings (SSSR count). The summed E-state index contributed by atoms with van der Waals surface area (Å²) in [6.07, 6.45) is 0. The van der Waals surface area contributed by atoms with Crippen molar-refractivity contribution in [1.82, 2.24) is 4.90 Å². The van der Waals surface area contributed by atoms with Crippen LogP contribution < -0.4 is 0 Å². The van der Waals surface area contributed by atoms with E-state index in [4.69, 9.17) is 23.2 Å². The van der Waals surface area contributed by atoms with Gasteiger partial charge in [0.25, 0.3) is 0 Å². The fraction of sp³-hybridized carbons (Fsp3) is 0.280. The first-order chi connectivity index (χ1) is 13.9. The summed E-state index contributed by atoms with van der Waals surface area (Å²) in [5.74, 6) is 1.36. The summed E-state index contributed by atoms with van der Waals surface area (Å²) < 4.78 is 0. The molecular weight excluding hydrogens is 417 g/mol. The van der Waals surface area contributed by atoms with Crippen LogP contribution >= 0.6 is 35.0 Å². The maximum Gasteiger partial charge on any atom is 0.0461 e. The van der Waals surface area contributed by atoms with Gasteiger partial charge in [-0.25, -0.2) is 0 Å². The Morgan fingerprint density at radius 1 is 0.862 bits per heavy atom. The molecule has 0 spiro atoms. The molecule has 0 saturated heterocycles. The van der Waals surface area contributed by atoms with Crippen LogP contribution in [0.1, 0.15) is 23.3 Å². The second-order valence-corrected chi connectivity index (χ2v) is 9.67. The fourth-order valence-corrected chi connectivity index (χ4v) is 5.50. The van der Waals surface area contributed by atoms with Gasteiger partial charge in [0.05, 0.1) is 0 Å². The zero-order chi connectivity index (χ0) is 20.8. The molecule has 0 amide bonds. The second-order valence-electron chi connectivity index (χ2n) is 7.69. The third kappa shape index (κ3) is 6.26. The van der Waals surface area contributed by atoms with Crippen molar-refractivity contribution >= 4 is 35.0 Å². The first kappa shape index (κ1) is 22.2. The Balaban J connectivity index is 1.81. The molecule has 0 aromatic heterocycles. The summed E-state index contributed by atoms with van der Waals surface area (Å²) in [5, 5.41) is 1.80. The number of hydrogen-bond donors (Lipinski definition) is 0. The third-order valence-electron chi connectivity index (χ3n) is 4.95. The van der Waals surface area contributed by atoms with Crippen molar-refractivity contribution in [2.75, 3.05) is 20.6 Å². The minimum atomic E-state index is 0.383. The van der Waals surface area contributed by atoms with E-state index in [0.29, 0.717) is 16.2 Å². The van der Waals surface area contributed by atoms with Gasteiger partial charge in [-0.05, 0) is 54.4 Å². The Hall–Kier alpha value is -1.45. The lowest BCUT2D eigenvalue weighted by Crippen LogP contribution is -2.23. The van der Waals surface area contributed by atoms with Gasteiger partial charge >= 0.3 is 0 Å². The predicted molar refractivity (Wildman–Crippen MR) is 130 cm³/mol. The first-order valence-electron chi connectivity index (χ1n) is 9.79. The molecule has 0 aliphatic heterocycles. The van der Waals surface area contributed by atoms with Crippen molar-refractivity contribution in [1.29, 1.82) is 0 Å². The van der Waals surface area contributed by atoms with Gasteiger partial charge in [0.1, 0.15) is 0 Å². The Morgan fingerprint density at radius 2 is 1.52 bits per heavy atom. The quantitative estimate of drug-likeness (QED) is 0.348. The largest absolute Gasteiger partial charge is 0.309 e. The van der Waals surface area contributed by atoms with Gasteiger partial charge in [-0.1, -0.05) is 90.8 Å². The van der Waals surface area contributed by atoms with Gasteiger partial charge in [0.2, 0.25) is 0 Å². The van der Waals surface area contributed by atoms with Gasteiger partial charge in [-0.15, -0.1) is 11.8 Å². The van der Waals surface area contributed by atoms with E-state index in [1.54, 1.807) is 0 Å². The van der Waals surface area contributed by atoms with Crippen molar-refractivity contribution in [3.8, 4) is 11.1 Å². The van der Waals surface area contributed by atoms with Crippen molar-refractivity contribution < 1.29 is 0 Å². The van der Waals surface area contributed by atoms with Crippen molar-refractivity contribution in [2.45, 2.75) is 17.9 Å². The van der Waals surface area contributed by atoms with Gasteiger partial charge < -0.3 is 4.90 Å². The summed E-state index contributed by atoms with van der Waals surface area (Å²) >= 11 is 14.4. The normalized spacial score (nSPS) is 13.4. The van der Waals surface area contributed by atoms with Gasteiger partial charge in [-0.3, -0.25) is 0 Å². The molecule has 0 saturated carbocycles. The highest BCUT2D eigenvalue weighted by Gasteiger charge is 2.21. The van der Waals surface area contributed by atoms with Gasteiger partial charge in [-0.2, -0.15) is 0 Å². The monoisotopic (exact) mass is 443 g/mol. The molecular formula is C25H27Cl2NS. The van der Waals surface area contributed by atoms with Crippen LogP contribution in [0, 0.1) is 5.92 Å². The molecule has 3 aromatic rings. The summed E-state index contributed by atoms with van der Waals surface area (Å²) in [6.45, 7) is 3.36. The second kappa shape index (κ2) is 10.5. The minimum absolute atomic E-state index is 0.383. The van der Waals surface area contributed by atoms with Crippen LogP contribution in [0.4, 0.5) is 0 Å². The Kier molecular flexibility index (Phi) is 8.08. The number of hydrogen-bond acceptors (Lipinski definition) is 2. The molecule has 0 aliphatic rings. The molecule has 4 heteroatoms. The fourth-order valence-electron chi connectivity index (χ4n) is 3.57. The zero-order valence-electron chi connectivity index (χ0n) is 17.1. The van der Waals surface area contributed by atoms with Crippen LogP contribution in [0.5, 0.6) is 0 Å². The molecule has 0 radical (unpaired) electrons. The third-order valence-corrected chi connectivity index (χ3v) is 7.11. The molecule has 3 aromatic carbocycles. The molecule has 2 atom stereocenters.